The van der Waals surface area contributed by atoms with Gasteiger partial charge in [0.1, 0.15) is 0 Å². The van der Waals surface area contributed by atoms with Crippen molar-refractivity contribution in [2.75, 3.05) is 25.4 Å². The van der Waals surface area contributed by atoms with E-state index in [1.54, 1.807) is 11.8 Å². The van der Waals surface area contributed by atoms with Gasteiger partial charge in [-0.25, -0.2) is 0 Å². The van der Waals surface area contributed by atoms with E-state index in [-0.39, 0.29) is 5.91 Å². The monoisotopic (exact) mass is 242 g/mol. The molecule has 16 heavy (non-hydrogen) atoms. The Bertz CT molecular complexity index is 243. The van der Waals surface area contributed by atoms with Crippen LogP contribution in [-0.4, -0.2) is 36.5 Å². The molecule has 3 nitrogen and oxygen atoms in total. The van der Waals surface area contributed by atoms with E-state index in [1.807, 2.05) is 19.9 Å². The molecule has 4 heteroatoms. The van der Waals surface area contributed by atoms with Gasteiger partial charge in [-0.1, -0.05) is 11.6 Å². The summed E-state index contributed by atoms with van der Waals surface area (Å²) in [5.41, 5.74) is 1.24. The van der Waals surface area contributed by atoms with Crippen LogP contribution in [0.4, 0.5) is 0 Å². The Balaban J connectivity index is 2.07. The molecule has 0 aliphatic carbocycles. The van der Waals surface area contributed by atoms with Crippen LogP contribution in [0.1, 0.15) is 26.7 Å². The third-order valence-electron chi connectivity index (χ3n) is 2.55. The van der Waals surface area contributed by atoms with E-state index in [0.29, 0.717) is 17.5 Å². The molecule has 1 aliphatic rings. The number of thioether (sulfide) groups is 1. The number of allylic oxidation sites excluding steroid dienone is 1. The number of carbonyl (C=O) groups is 1. The second kappa shape index (κ2) is 7.74. The van der Waals surface area contributed by atoms with Crippen molar-refractivity contribution in [2.45, 2.75) is 31.9 Å². The Kier molecular flexibility index (Phi) is 6.57. The molecule has 0 spiro atoms. The number of piperidine rings is 1. The highest BCUT2D eigenvalue weighted by atomic mass is 32.2. The van der Waals surface area contributed by atoms with Gasteiger partial charge in [-0.15, -0.1) is 11.8 Å². The summed E-state index contributed by atoms with van der Waals surface area (Å²) < 4.78 is 0. The molecule has 1 saturated heterocycles. The molecule has 0 aromatic heterocycles. The smallest absolute Gasteiger partial charge is 0.230 e. The summed E-state index contributed by atoms with van der Waals surface area (Å²) in [6.45, 7) is 6.92. The molecular weight excluding hydrogens is 220 g/mol. The van der Waals surface area contributed by atoms with E-state index in [0.717, 1.165) is 13.1 Å². The highest BCUT2D eigenvalue weighted by molar-refractivity contribution is 8.00. The normalized spacial score (nSPS) is 16.9. The molecular formula is C12H22N2OS. The van der Waals surface area contributed by atoms with Gasteiger partial charge in [0.25, 0.3) is 0 Å². The van der Waals surface area contributed by atoms with Crippen molar-refractivity contribution in [1.82, 2.24) is 10.6 Å². The maximum Gasteiger partial charge on any atom is 0.230 e. The molecule has 1 fully saturated rings. The van der Waals surface area contributed by atoms with Crippen LogP contribution < -0.4 is 10.6 Å². The average Bonchev–Trinajstić information content (AvgIpc) is 2.27. The first kappa shape index (κ1) is 13.6. The summed E-state index contributed by atoms with van der Waals surface area (Å²) >= 11 is 1.79. The summed E-state index contributed by atoms with van der Waals surface area (Å²) in [4.78, 5) is 11.5. The number of rotatable bonds is 5. The van der Waals surface area contributed by atoms with Gasteiger partial charge in [0.15, 0.2) is 0 Å². The summed E-state index contributed by atoms with van der Waals surface area (Å²) in [5.74, 6) is 0.752. The first-order chi connectivity index (χ1) is 7.68. The molecule has 1 aliphatic heterocycles. The van der Waals surface area contributed by atoms with Crippen LogP contribution in [0.5, 0.6) is 0 Å². The molecule has 1 amide bonds. The third-order valence-corrected chi connectivity index (χ3v) is 3.92. The molecule has 1 rings (SSSR count). The Morgan fingerprint density at radius 2 is 2.12 bits per heavy atom. The van der Waals surface area contributed by atoms with Gasteiger partial charge >= 0.3 is 0 Å². The summed E-state index contributed by atoms with van der Waals surface area (Å²) in [5, 5.41) is 6.89. The minimum atomic E-state index is 0.154. The van der Waals surface area contributed by atoms with Crippen LogP contribution in [0.3, 0.4) is 0 Å². The number of carbonyl (C=O) groups excluding carboxylic acids is 1. The third kappa shape index (κ3) is 6.18. The van der Waals surface area contributed by atoms with Gasteiger partial charge < -0.3 is 10.6 Å². The molecule has 92 valence electrons. The largest absolute Gasteiger partial charge is 0.352 e. The quantitative estimate of drug-likeness (QED) is 0.719. The van der Waals surface area contributed by atoms with Crippen molar-refractivity contribution in [1.29, 1.82) is 0 Å². The highest BCUT2D eigenvalue weighted by Crippen LogP contribution is 2.19. The molecule has 1 heterocycles. The zero-order valence-electron chi connectivity index (χ0n) is 10.2. The van der Waals surface area contributed by atoms with Crippen molar-refractivity contribution in [3.8, 4) is 0 Å². The second-order valence-electron chi connectivity index (χ2n) is 4.35. The zero-order valence-corrected chi connectivity index (χ0v) is 11.0. The summed E-state index contributed by atoms with van der Waals surface area (Å²) in [6.07, 6.45) is 4.41. The maximum absolute atomic E-state index is 11.5. The van der Waals surface area contributed by atoms with Crippen molar-refractivity contribution in [2.24, 2.45) is 0 Å². The minimum absolute atomic E-state index is 0.154. The molecule has 2 N–H and O–H groups in total. The Morgan fingerprint density at radius 3 is 2.75 bits per heavy atom. The lowest BCUT2D eigenvalue weighted by molar-refractivity contribution is -0.118. The number of hydrogen-bond acceptors (Lipinski definition) is 3. The topological polar surface area (TPSA) is 41.1 Å². The molecule has 0 unspecified atom stereocenters. The SMILES string of the molecule is CC(C)=CCNC(=O)CSC1CCNCC1. The van der Waals surface area contributed by atoms with Crippen molar-refractivity contribution in [3.63, 3.8) is 0 Å². The first-order valence-corrected chi connectivity index (χ1v) is 6.95. The fraction of sp³-hybridized carbons (Fsp3) is 0.750. The second-order valence-corrected chi connectivity index (χ2v) is 5.63. The van der Waals surface area contributed by atoms with Crippen LogP contribution in [0, 0.1) is 0 Å². The minimum Gasteiger partial charge on any atom is -0.352 e. The van der Waals surface area contributed by atoms with Crippen LogP contribution in [0.2, 0.25) is 0 Å². The highest BCUT2D eigenvalue weighted by Gasteiger charge is 2.14. The van der Waals surface area contributed by atoms with E-state index in [4.69, 9.17) is 0 Å². The van der Waals surface area contributed by atoms with Crippen molar-refractivity contribution >= 4 is 17.7 Å². The Morgan fingerprint density at radius 1 is 1.44 bits per heavy atom. The molecule has 0 aromatic carbocycles. The maximum atomic E-state index is 11.5. The average molecular weight is 242 g/mol. The van der Waals surface area contributed by atoms with Gasteiger partial charge in [-0.2, -0.15) is 0 Å². The van der Waals surface area contributed by atoms with E-state index >= 15 is 0 Å². The molecule has 0 saturated carbocycles. The van der Waals surface area contributed by atoms with Crippen LogP contribution in [-0.2, 0) is 4.79 Å². The van der Waals surface area contributed by atoms with Gasteiger partial charge in [-0.05, 0) is 39.8 Å². The van der Waals surface area contributed by atoms with Gasteiger partial charge in [0.05, 0.1) is 5.75 Å². The van der Waals surface area contributed by atoms with E-state index in [1.165, 1.54) is 18.4 Å². The summed E-state index contributed by atoms with van der Waals surface area (Å²) in [7, 11) is 0. The number of hydrogen-bond donors (Lipinski definition) is 2. The van der Waals surface area contributed by atoms with E-state index in [9.17, 15) is 4.79 Å². The van der Waals surface area contributed by atoms with Crippen LogP contribution >= 0.6 is 11.8 Å². The van der Waals surface area contributed by atoms with Gasteiger partial charge in [0, 0.05) is 11.8 Å². The standard InChI is InChI=1S/C12H22N2OS/c1-10(2)3-8-14-12(15)9-16-11-4-6-13-7-5-11/h3,11,13H,4-9H2,1-2H3,(H,14,15). The number of nitrogens with one attached hydrogen (secondary N) is 2. The lowest BCUT2D eigenvalue weighted by atomic mass is 10.2. The van der Waals surface area contributed by atoms with E-state index in [2.05, 4.69) is 10.6 Å². The zero-order chi connectivity index (χ0) is 11.8. The van der Waals surface area contributed by atoms with Gasteiger partial charge in [-0.3, -0.25) is 4.79 Å². The fourth-order valence-corrected chi connectivity index (χ4v) is 2.63. The van der Waals surface area contributed by atoms with Crippen molar-refractivity contribution < 1.29 is 4.79 Å². The number of amides is 1. The molecule has 0 bridgehead atoms. The van der Waals surface area contributed by atoms with E-state index < -0.39 is 0 Å². The Hall–Kier alpha value is -0.480. The lowest BCUT2D eigenvalue weighted by Crippen LogP contribution is -2.31. The van der Waals surface area contributed by atoms with Crippen LogP contribution in [0.25, 0.3) is 0 Å². The molecule has 0 aromatic rings. The predicted molar refractivity (Wildman–Crippen MR) is 70.8 cm³/mol. The Labute approximate surface area is 102 Å². The first-order valence-electron chi connectivity index (χ1n) is 5.91. The molecule has 0 atom stereocenters. The van der Waals surface area contributed by atoms with Crippen molar-refractivity contribution in [3.05, 3.63) is 11.6 Å². The van der Waals surface area contributed by atoms with Gasteiger partial charge in [0.2, 0.25) is 5.91 Å². The van der Waals surface area contributed by atoms with Crippen LogP contribution in [0.15, 0.2) is 11.6 Å². The lowest BCUT2D eigenvalue weighted by Gasteiger charge is -2.21. The summed E-state index contributed by atoms with van der Waals surface area (Å²) in [6, 6.07) is 0. The predicted octanol–water partition coefficient (Wildman–Crippen LogP) is 1.55. The molecule has 0 radical (unpaired) electrons. The fourth-order valence-electron chi connectivity index (χ4n) is 1.58.